The molecule has 2 aromatic carbocycles. The Morgan fingerprint density at radius 3 is 2.64 bits per heavy atom. The quantitative estimate of drug-likeness (QED) is 0.161. The first-order chi connectivity index (χ1) is 13.5. The third-order valence-corrected chi connectivity index (χ3v) is 7.11. The van der Waals surface area contributed by atoms with Crippen molar-refractivity contribution in [2.24, 2.45) is 5.16 Å². The summed E-state index contributed by atoms with van der Waals surface area (Å²) in [5, 5.41) is 15.4. The van der Waals surface area contributed by atoms with Crippen LogP contribution < -0.4 is 0 Å². The first-order valence-corrected chi connectivity index (χ1v) is 11.8. The Bertz CT molecular complexity index is 1030. The van der Waals surface area contributed by atoms with E-state index in [2.05, 4.69) is 31.9 Å². The summed E-state index contributed by atoms with van der Waals surface area (Å²) < 4.78 is 3.22. The number of nitrogens with zero attached hydrogens (tertiary/aromatic N) is 2. The van der Waals surface area contributed by atoms with E-state index in [1.165, 1.54) is 0 Å². The lowest BCUT2D eigenvalue weighted by Crippen LogP contribution is -2.09. The van der Waals surface area contributed by atoms with E-state index in [0.717, 1.165) is 50.9 Å². The minimum absolute atomic E-state index is 0.478. The maximum absolute atomic E-state index is 9.88. The second-order valence-corrected chi connectivity index (χ2v) is 9.15. The summed E-state index contributed by atoms with van der Waals surface area (Å²) in [5.41, 5.74) is 4.50. The Balaban J connectivity index is 2.16. The van der Waals surface area contributed by atoms with Crippen LogP contribution in [0, 0.1) is 6.92 Å². The first kappa shape index (κ1) is 21.6. The smallest absolute Gasteiger partial charge is 0.0936 e. The molecule has 1 heterocycles. The Morgan fingerprint density at radius 2 is 1.96 bits per heavy atom. The van der Waals surface area contributed by atoms with E-state index in [1.807, 2.05) is 55.1 Å². The van der Waals surface area contributed by atoms with Gasteiger partial charge >= 0.3 is 0 Å². The van der Waals surface area contributed by atoms with E-state index in [4.69, 9.17) is 23.2 Å². The van der Waals surface area contributed by atoms with Gasteiger partial charge in [-0.15, -0.1) is 0 Å². The molecule has 1 aromatic heterocycles. The van der Waals surface area contributed by atoms with E-state index in [1.54, 1.807) is 0 Å². The Morgan fingerprint density at radius 1 is 1.21 bits per heavy atom. The van der Waals surface area contributed by atoms with Gasteiger partial charge in [-0.3, -0.25) is 0 Å². The molecular formula is C21H21BrCl2N2OS. The summed E-state index contributed by atoms with van der Waals surface area (Å²) in [5.74, 6) is 1.08. The average molecular weight is 500 g/mol. The molecule has 0 atom stereocenters. The third-order valence-electron chi connectivity index (χ3n) is 4.84. The fourth-order valence-electron chi connectivity index (χ4n) is 3.50. The third kappa shape index (κ3) is 4.23. The van der Waals surface area contributed by atoms with Crippen molar-refractivity contribution in [1.29, 1.82) is 0 Å². The van der Waals surface area contributed by atoms with Crippen LogP contribution in [0.5, 0.6) is 0 Å². The summed E-state index contributed by atoms with van der Waals surface area (Å²) in [6.45, 7) is 2.92. The monoisotopic (exact) mass is 498 g/mol. The van der Waals surface area contributed by atoms with Crippen molar-refractivity contribution in [2.75, 3.05) is 12.0 Å². The molecule has 28 heavy (non-hydrogen) atoms. The average Bonchev–Trinajstić information content (AvgIpc) is 2.97. The summed E-state index contributed by atoms with van der Waals surface area (Å²) in [6, 6.07) is 11.7. The lowest BCUT2D eigenvalue weighted by molar-refractivity contribution is 0.318. The van der Waals surface area contributed by atoms with Gasteiger partial charge in [0.15, 0.2) is 0 Å². The minimum atomic E-state index is 0.478. The summed E-state index contributed by atoms with van der Waals surface area (Å²) in [7, 11) is 0. The van der Waals surface area contributed by atoms with Gasteiger partial charge in [0.2, 0.25) is 0 Å². The lowest BCUT2D eigenvalue weighted by Gasteiger charge is -2.10. The molecule has 3 aromatic rings. The van der Waals surface area contributed by atoms with Gasteiger partial charge in [-0.05, 0) is 49.1 Å². The van der Waals surface area contributed by atoms with Crippen molar-refractivity contribution in [3.63, 3.8) is 0 Å². The molecule has 0 spiro atoms. The van der Waals surface area contributed by atoms with Crippen LogP contribution in [-0.4, -0.2) is 27.5 Å². The molecule has 0 aliphatic heterocycles. The van der Waals surface area contributed by atoms with E-state index in [0.29, 0.717) is 22.2 Å². The van der Waals surface area contributed by atoms with Crippen LogP contribution in [0.25, 0.3) is 10.9 Å². The molecule has 0 saturated heterocycles. The van der Waals surface area contributed by atoms with Gasteiger partial charge in [-0.25, -0.2) is 0 Å². The fraction of sp³-hybridized carbons (Fsp3) is 0.286. The molecule has 3 nitrogen and oxygen atoms in total. The van der Waals surface area contributed by atoms with Crippen LogP contribution in [-0.2, 0) is 13.0 Å². The Labute approximate surface area is 187 Å². The summed E-state index contributed by atoms with van der Waals surface area (Å²) in [6.07, 6.45) is 3.63. The molecular weight excluding hydrogens is 479 g/mol. The highest BCUT2D eigenvalue weighted by Crippen LogP contribution is 2.37. The van der Waals surface area contributed by atoms with Gasteiger partial charge in [-0.2, -0.15) is 11.8 Å². The van der Waals surface area contributed by atoms with Crippen LogP contribution in [0.3, 0.4) is 0 Å². The highest BCUT2D eigenvalue weighted by molar-refractivity contribution is 9.10. The van der Waals surface area contributed by atoms with Crippen LogP contribution in [0.15, 0.2) is 46.0 Å². The van der Waals surface area contributed by atoms with Gasteiger partial charge in [0.05, 0.1) is 21.3 Å². The molecule has 148 valence electrons. The fourth-order valence-corrected chi connectivity index (χ4v) is 4.76. The largest absolute Gasteiger partial charge is 0.411 e. The van der Waals surface area contributed by atoms with Crippen molar-refractivity contribution in [2.45, 2.75) is 26.3 Å². The number of hydrogen-bond donors (Lipinski definition) is 1. The number of hydrogen-bond acceptors (Lipinski definition) is 3. The second-order valence-electron chi connectivity index (χ2n) is 6.53. The molecule has 0 radical (unpaired) electrons. The van der Waals surface area contributed by atoms with Crippen molar-refractivity contribution in [1.82, 2.24) is 4.57 Å². The van der Waals surface area contributed by atoms with Crippen LogP contribution in [0.4, 0.5) is 0 Å². The molecule has 7 heteroatoms. The zero-order chi connectivity index (χ0) is 20.3. The maximum atomic E-state index is 9.88. The number of thioether (sulfide) groups is 1. The molecule has 0 bridgehead atoms. The maximum Gasteiger partial charge on any atom is 0.0936 e. The van der Waals surface area contributed by atoms with Gasteiger partial charge in [0.1, 0.15) is 0 Å². The standard InChI is InChI=1S/C21H21BrCl2N2OS/c1-13-19(17(25-27)12-14-6-3-4-7-15(14)22)20-18(9-8-16(23)21(20)24)26(13)10-5-11-28-2/h3-4,6-9,27H,5,10-12H2,1-2H3. The predicted octanol–water partition coefficient (Wildman–Crippen LogP) is 7.19. The minimum Gasteiger partial charge on any atom is -0.411 e. The first-order valence-electron chi connectivity index (χ1n) is 8.90. The molecule has 0 amide bonds. The van der Waals surface area contributed by atoms with Crippen LogP contribution >= 0.6 is 50.9 Å². The van der Waals surface area contributed by atoms with Gasteiger partial charge in [0.25, 0.3) is 0 Å². The van der Waals surface area contributed by atoms with Crippen molar-refractivity contribution < 1.29 is 5.21 Å². The number of fused-ring (bicyclic) bond motifs is 1. The molecule has 0 saturated carbocycles. The van der Waals surface area contributed by atoms with E-state index in [-0.39, 0.29) is 0 Å². The SMILES string of the molecule is CSCCCn1c(C)c(C(Cc2ccccc2Br)=NO)c2c(Cl)c(Cl)ccc21. The number of rotatable bonds is 7. The summed E-state index contributed by atoms with van der Waals surface area (Å²) >= 11 is 18.4. The molecule has 1 N–H and O–H groups in total. The van der Waals surface area contributed by atoms with Crippen LogP contribution in [0.1, 0.15) is 23.2 Å². The lowest BCUT2D eigenvalue weighted by atomic mass is 9.99. The van der Waals surface area contributed by atoms with Crippen LogP contribution in [0.2, 0.25) is 10.0 Å². The number of benzene rings is 2. The van der Waals surface area contributed by atoms with Gasteiger partial charge in [-0.1, -0.05) is 62.5 Å². The number of oxime groups is 1. The van der Waals surface area contributed by atoms with Crippen molar-refractivity contribution >= 4 is 67.5 Å². The molecule has 3 rings (SSSR count). The highest BCUT2D eigenvalue weighted by atomic mass is 79.9. The topological polar surface area (TPSA) is 37.5 Å². The number of aryl methyl sites for hydroxylation is 1. The second kappa shape index (κ2) is 9.57. The Kier molecular flexibility index (Phi) is 7.37. The van der Waals surface area contributed by atoms with E-state index >= 15 is 0 Å². The van der Waals surface area contributed by atoms with Crippen molar-refractivity contribution in [3.8, 4) is 0 Å². The van der Waals surface area contributed by atoms with E-state index < -0.39 is 0 Å². The zero-order valence-electron chi connectivity index (χ0n) is 15.7. The highest BCUT2D eigenvalue weighted by Gasteiger charge is 2.23. The van der Waals surface area contributed by atoms with Crippen molar-refractivity contribution in [3.05, 3.63) is 67.7 Å². The number of aromatic nitrogens is 1. The molecule has 0 aliphatic rings. The molecule has 0 unspecified atom stereocenters. The Hall–Kier alpha value is -1.14. The normalized spacial score (nSPS) is 12.1. The van der Waals surface area contributed by atoms with Gasteiger partial charge in [0, 0.05) is 34.1 Å². The predicted molar refractivity (Wildman–Crippen MR) is 126 cm³/mol. The zero-order valence-corrected chi connectivity index (χ0v) is 19.6. The molecule has 0 fully saturated rings. The van der Waals surface area contributed by atoms with Gasteiger partial charge < -0.3 is 9.77 Å². The van der Waals surface area contributed by atoms with E-state index in [9.17, 15) is 5.21 Å². The summed E-state index contributed by atoms with van der Waals surface area (Å²) in [4.78, 5) is 0. The molecule has 0 aliphatic carbocycles. The number of halogens is 3.